The van der Waals surface area contributed by atoms with E-state index in [1.807, 2.05) is 12.1 Å². The van der Waals surface area contributed by atoms with Gasteiger partial charge in [-0.15, -0.1) is 0 Å². The Kier molecular flexibility index (Phi) is 2.66. The summed E-state index contributed by atoms with van der Waals surface area (Å²) in [6.45, 7) is 2.80. The normalized spacial score (nSPS) is 20.1. The lowest BCUT2D eigenvalue weighted by Gasteiger charge is -2.25. The zero-order valence-corrected chi connectivity index (χ0v) is 8.97. The molecule has 0 aliphatic carbocycles. The second kappa shape index (κ2) is 3.79. The Balaban J connectivity index is 2.55. The highest BCUT2D eigenvalue weighted by Crippen LogP contribution is 2.36. The number of hydrogen-bond donors (Lipinski definition) is 1. The van der Waals surface area contributed by atoms with Gasteiger partial charge in [0.15, 0.2) is 0 Å². The van der Waals surface area contributed by atoms with Crippen molar-refractivity contribution in [2.75, 3.05) is 6.61 Å². The molecule has 1 aromatic rings. The standard InChI is InChI=1S/C11H14ClNO/c1-2-7-5-8(12)6-10-11(7)9(13)3-4-14-10/h5-6,9H,2-4,13H2,1H3/t9-/m1/s1. The van der Waals surface area contributed by atoms with Gasteiger partial charge in [0.05, 0.1) is 6.61 Å². The summed E-state index contributed by atoms with van der Waals surface area (Å²) >= 11 is 5.99. The summed E-state index contributed by atoms with van der Waals surface area (Å²) in [5, 5.41) is 0.731. The molecule has 2 N–H and O–H groups in total. The lowest BCUT2D eigenvalue weighted by Crippen LogP contribution is -2.22. The van der Waals surface area contributed by atoms with Crippen molar-refractivity contribution < 1.29 is 4.74 Å². The lowest BCUT2D eigenvalue weighted by atomic mass is 9.94. The van der Waals surface area contributed by atoms with Crippen LogP contribution in [0.1, 0.15) is 30.5 Å². The van der Waals surface area contributed by atoms with E-state index in [-0.39, 0.29) is 6.04 Å². The van der Waals surface area contributed by atoms with Crippen LogP contribution < -0.4 is 10.5 Å². The van der Waals surface area contributed by atoms with E-state index in [0.29, 0.717) is 6.61 Å². The number of aryl methyl sites for hydroxylation is 1. The first-order valence-corrected chi connectivity index (χ1v) is 5.31. The van der Waals surface area contributed by atoms with Crippen molar-refractivity contribution in [1.29, 1.82) is 0 Å². The van der Waals surface area contributed by atoms with Gasteiger partial charge in [0.25, 0.3) is 0 Å². The number of halogens is 1. The Labute approximate surface area is 89.0 Å². The number of fused-ring (bicyclic) bond motifs is 1. The highest BCUT2D eigenvalue weighted by atomic mass is 35.5. The molecule has 76 valence electrons. The molecule has 2 rings (SSSR count). The van der Waals surface area contributed by atoms with Crippen LogP contribution >= 0.6 is 11.6 Å². The SMILES string of the molecule is CCc1cc(Cl)cc2c1[C@H](N)CCO2. The predicted octanol–water partition coefficient (Wildman–Crippen LogP) is 2.68. The van der Waals surface area contributed by atoms with E-state index >= 15 is 0 Å². The van der Waals surface area contributed by atoms with Gasteiger partial charge in [-0.25, -0.2) is 0 Å². The first-order chi connectivity index (χ1) is 6.72. The minimum Gasteiger partial charge on any atom is -0.493 e. The number of rotatable bonds is 1. The van der Waals surface area contributed by atoms with Gasteiger partial charge in [-0.1, -0.05) is 18.5 Å². The molecule has 14 heavy (non-hydrogen) atoms. The number of hydrogen-bond acceptors (Lipinski definition) is 2. The van der Waals surface area contributed by atoms with Gasteiger partial charge in [-0.2, -0.15) is 0 Å². The van der Waals surface area contributed by atoms with Crippen LogP contribution in [0, 0.1) is 0 Å². The number of ether oxygens (including phenoxy) is 1. The van der Waals surface area contributed by atoms with E-state index in [2.05, 4.69) is 6.92 Å². The monoisotopic (exact) mass is 211 g/mol. The molecule has 1 aromatic carbocycles. The van der Waals surface area contributed by atoms with Gasteiger partial charge in [0.2, 0.25) is 0 Å². The summed E-state index contributed by atoms with van der Waals surface area (Å²) < 4.78 is 5.55. The average Bonchev–Trinajstić information content (AvgIpc) is 2.16. The average molecular weight is 212 g/mol. The van der Waals surface area contributed by atoms with Crippen molar-refractivity contribution in [3.8, 4) is 5.75 Å². The summed E-state index contributed by atoms with van der Waals surface area (Å²) in [7, 11) is 0. The van der Waals surface area contributed by atoms with E-state index in [4.69, 9.17) is 22.1 Å². The molecule has 1 aliphatic heterocycles. The largest absolute Gasteiger partial charge is 0.493 e. The Bertz CT molecular complexity index is 334. The first-order valence-electron chi connectivity index (χ1n) is 4.93. The van der Waals surface area contributed by atoms with E-state index in [1.54, 1.807) is 0 Å². The molecule has 0 saturated carbocycles. The molecular weight excluding hydrogens is 198 g/mol. The lowest BCUT2D eigenvalue weighted by molar-refractivity contribution is 0.268. The molecular formula is C11H14ClNO. The number of nitrogens with two attached hydrogens (primary N) is 1. The maximum atomic E-state index is 6.05. The van der Waals surface area contributed by atoms with Crippen LogP contribution in [0.4, 0.5) is 0 Å². The molecule has 0 aromatic heterocycles. The highest BCUT2D eigenvalue weighted by molar-refractivity contribution is 6.30. The maximum absolute atomic E-state index is 6.05. The molecule has 0 fully saturated rings. The molecule has 2 nitrogen and oxygen atoms in total. The maximum Gasteiger partial charge on any atom is 0.125 e. The fraction of sp³-hybridized carbons (Fsp3) is 0.455. The van der Waals surface area contributed by atoms with Crippen LogP contribution in [0.5, 0.6) is 5.75 Å². The fourth-order valence-electron chi connectivity index (χ4n) is 1.92. The third kappa shape index (κ3) is 1.60. The Morgan fingerprint density at radius 2 is 2.36 bits per heavy atom. The Morgan fingerprint density at radius 3 is 3.07 bits per heavy atom. The second-order valence-corrected chi connectivity index (χ2v) is 4.01. The Morgan fingerprint density at radius 1 is 1.57 bits per heavy atom. The molecule has 0 spiro atoms. The predicted molar refractivity (Wildman–Crippen MR) is 57.9 cm³/mol. The van der Waals surface area contributed by atoms with Crippen LogP contribution in [0.15, 0.2) is 12.1 Å². The van der Waals surface area contributed by atoms with E-state index in [1.165, 1.54) is 5.56 Å². The van der Waals surface area contributed by atoms with Crippen LogP contribution in [0.25, 0.3) is 0 Å². The van der Waals surface area contributed by atoms with Gasteiger partial charge >= 0.3 is 0 Å². The third-order valence-corrected chi connectivity index (χ3v) is 2.85. The zero-order valence-electron chi connectivity index (χ0n) is 8.22. The minimum atomic E-state index is 0.103. The van der Waals surface area contributed by atoms with Gasteiger partial charge in [0, 0.05) is 23.0 Å². The molecule has 0 saturated heterocycles. The summed E-state index contributed by atoms with van der Waals surface area (Å²) in [4.78, 5) is 0. The van der Waals surface area contributed by atoms with Gasteiger partial charge in [0.1, 0.15) is 5.75 Å². The van der Waals surface area contributed by atoms with Crippen molar-refractivity contribution in [3.63, 3.8) is 0 Å². The van der Waals surface area contributed by atoms with E-state index in [0.717, 1.165) is 29.2 Å². The van der Waals surface area contributed by atoms with Crippen molar-refractivity contribution in [1.82, 2.24) is 0 Å². The summed E-state index contributed by atoms with van der Waals surface area (Å²) in [5.41, 5.74) is 8.40. The van der Waals surface area contributed by atoms with Crippen LogP contribution in [-0.2, 0) is 6.42 Å². The van der Waals surface area contributed by atoms with Crippen molar-refractivity contribution in [3.05, 3.63) is 28.3 Å². The van der Waals surface area contributed by atoms with Gasteiger partial charge in [-0.3, -0.25) is 0 Å². The van der Waals surface area contributed by atoms with E-state index in [9.17, 15) is 0 Å². The Hall–Kier alpha value is -0.730. The minimum absolute atomic E-state index is 0.103. The van der Waals surface area contributed by atoms with Gasteiger partial charge in [-0.05, 0) is 24.1 Å². The fourth-order valence-corrected chi connectivity index (χ4v) is 2.15. The molecule has 1 atom stereocenters. The van der Waals surface area contributed by atoms with Crippen molar-refractivity contribution >= 4 is 11.6 Å². The molecule has 0 amide bonds. The zero-order chi connectivity index (χ0) is 10.1. The second-order valence-electron chi connectivity index (χ2n) is 3.57. The summed E-state index contributed by atoms with van der Waals surface area (Å²) in [5.74, 6) is 0.869. The smallest absolute Gasteiger partial charge is 0.125 e. The topological polar surface area (TPSA) is 35.2 Å². The molecule has 3 heteroatoms. The van der Waals surface area contributed by atoms with Crippen LogP contribution in [0.2, 0.25) is 5.02 Å². The molecule has 1 aliphatic rings. The van der Waals surface area contributed by atoms with E-state index < -0.39 is 0 Å². The third-order valence-electron chi connectivity index (χ3n) is 2.63. The molecule has 1 heterocycles. The van der Waals surface area contributed by atoms with Crippen molar-refractivity contribution in [2.45, 2.75) is 25.8 Å². The summed E-state index contributed by atoms with van der Waals surface area (Å²) in [6, 6.07) is 3.94. The quantitative estimate of drug-likeness (QED) is 0.775. The summed E-state index contributed by atoms with van der Waals surface area (Å²) in [6.07, 6.45) is 1.83. The van der Waals surface area contributed by atoms with Crippen molar-refractivity contribution in [2.24, 2.45) is 5.73 Å². The number of benzene rings is 1. The molecule has 0 bridgehead atoms. The van der Waals surface area contributed by atoms with Gasteiger partial charge < -0.3 is 10.5 Å². The highest BCUT2D eigenvalue weighted by Gasteiger charge is 2.21. The first kappa shape index (κ1) is 9.81. The van der Waals surface area contributed by atoms with Crippen LogP contribution in [0.3, 0.4) is 0 Å². The molecule has 0 radical (unpaired) electrons. The van der Waals surface area contributed by atoms with Crippen LogP contribution in [-0.4, -0.2) is 6.61 Å². The molecule has 0 unspecified atom stereocenters.